The second kappa shape index (κ2) is 13.4. The number of hydrogen-bond acceptors (Lipinski definition) is 11. The fourth-order valence-electron chi connectivity index (χ4n) is 9.94. The number of alkyl halides is 5. The van der Waals surface area contributed by atoms with Crippen LogP contribution in [0.3, 0.4) is 0 Å². The number of carbonyl (C=O) groups excluding carboxylic acids is 4. The van der Waals surface area contributed by atoms with Crippen molar-refractivity contribution in [3.63, 3.8) is 0 Å². The van der Waals surface area contributed by atoms with E-state index in [1.54, 1.807) is 6.92 Å². The highest BCUT2D eigenvalue weighted by atomic mass is 32.2. The Bertz CT molecular complexity index is 1300. The summed E-state index contributed by atoms with van der Waals surface area (Å²) in [6.45, 7) is 7.03. The van der Waals surface area contributed by atoms with Gasteiger partial charge in [0.2, 0.25) is 0 Å². The molecule has 17 heteroatoms. The van der Waals surface area contributed by atoms with E-state index in [4.69, 9.17) is 14.2 Å². The molecule has 12 atom stereocenters. The minimum Gasteiger partial charge on any atom is -0.743 e. The summed E-state index contributed by atoms with van der Waals surface area (Å²) < 4.78 is 121. The Kier molecular flexibility index (Phi) is 10.6. The van der Waals surface area contributed by atoms with Crippen LogP contribution in [0.25, 0.3) is 0 Å². The molecule has 4 aliphatic rings. The van der Waals surface area contributed by atoms with Gasteiger partial charge in [0.05, 0.1) is 0 Å². The van der Waals surface area contributed by atoms with Gasteiger partial charge in [0.1, 0.15) is 18.3 Å². The molecule has 0 aliphatic heterocycles. The van der Waals surface area contributed by atoms with Crippen molar-refractivity contribution in [3.05, 3.63) is 0 Å². The molecule has 0 aromatic heterocycles. The zero-order chi connectivity index (χ0) is 35.2. The molecule has 47 heavy (non-hydrogen) atoms. The number of fused-ring (bicyclic) bond motifs is 5. The van der Waals surface area contributed by atoms with Crippen LogP contribution in [0, 0.1) is 46.3 Å². The highest BCUT2D eigenvalue weighted by Gasteiger charge is 2.68. The summed E-state index contributed by atoms with van der Waals surface area (Å²) in [7, 11) is -6.82. The van der Waals surface area contributed by atoms with E-state index in [1.807, 2.05) is 6.92 Å². The van der Waals surface area contributed by atoms with Crippen molar-refractivity contribution in [2.45, 2.75) is 114 Å². The molecule has 0 heterocycles. The predicted molar refractivity (Wildman–Crippen MR) is 148 cm³/mol. The quantitative estimate of drug-likeness (QED) is 0.0872. The molecule has 4 unspecified atom stereocenters. The summed E-state index contributed by atoms with van der Waals surface area (Å²) in [6.07, 6.45) is -8.67. The molecular weight excluding hydrogens is 663 g/mol. The van der Waals surface area contributed by atoms with Crippen molar-refractivity contribution in [3.8, 4) is 0 Å². The third-order valence-electron chi connectivity index (χ3n) is 12.1. The Balaban J connectivity index is 1.56. The molecule has 0 saturated heterocycles. The van der Waals surface area contributed by atoms with Crippen LogP contribution in [-0.2, 0) is 48.2 Å². The van der Waals surface area contributed by atoms with Gasteiger partial charge in [0, 0.05) is 17.8 Å². The molecule has 11 nitrogen and oxygen atoms in total. The number of hydrogen-bond donors (Lipinski definition) is 0. The van der Waals surface area contributed by atoms with Crippen LogP contribution in [-0.4, -0.2) is 74.2 Å². The van der Waals surface area contributed by atoms with E-state index < -0.39 is 63.6 Å². The first kappa shape index (κ1) is 37.3. The van der Waals surface area contributed by atoms with E-state index in [-0.39, 0.29) is 47.5 Å². The number of rotatable bonds is 13. The lowest BCUT2D eigenvalue weighted by Gasteiger charge is -2.64. The SMILES string of the molecule is C[C@H](CCC(=O)OC(C(F)(F)F)C(F)(F)S(=O)(=O)[O-])[C@H]1CC[C@H]2[C@@H]3C(OC=O)C[C@@H]4CC(OC=O)CC[C@]4(C)[C@H]3CC(OC=O)[C@]12C. The first-order valence-corrected chi connectivity index (χ1v) is 17.0. The minimum absolute atomic E-state index is 0.0336. The van der Waals surface area contributed by atoms with Crippen molar-refractivity contribution in [1.82, 2.24) is 0 Å². The molecular formula is C30H40F5O11S-. The summed E-state index contributed by atoms with van der Waals surface area (Å²) >= 11 is 0. The first-order valence-electron chi connectivity index (χ1n) is 15.6. The molecule has 268 valence electrons. The monoisotopic (exact) mass is 703 g/mol. The molecule has 4 aliphatic carbocycles. The van der Waals surface area contributed by atoms with E-state index >= 15 is 0 Å². The van der Waals surface area contributed by atoms with Gasteiger partial charge in [0.15, 0.2) is 10.1 Å². The van der Waals surface area contributed by atoms with E-state index in [9.17, 15) is 54.1 Å². The molecule has 4 fully saturated rings. The van der Waals surface area contributed by atoms with Gasteiger partial charge < -0.3 is 23.5 Å². The van der Waals surface area contributed by atoms with Gasteiger partial charge >= 0.3 is 17.4 Å². The molecule has 0 bridgehead atoms. The Morgan fingerprint density at radius 2 is 1.57 bits per heavy atom. The van der Waals surface area contributed by atoms with Crippen molar-refractivity contribution < 1.29 is 73.0 Å². The van der Waals surface area contributed by atoms with Crippen LogP contribution in [0.1, 0.15) is 78.6 Å². The maximum absolute atomic E-state index is 13.9. The highest BCUT2D eigenvalue weighted by Crippen LogP contribution is 2.69. The Morgan fingerprint density at radius 3 is 2.15 bits per heavy atom. The Morgan fingerprint density at radius 1 is 0.936 bits per heavy atom. The third-order valence-corrected chi connectivity index (χ3v) is 13.0. The molecule has 0 N–H and O–H groups in total. The maximum Gasteiger partial charge on any atom is 0.432 e. The van der Waals surface area contributed by atoms with Crippen LogP contribution in [0.2, 0.25) is 0 Å². The van der Waals surface area contributed by atoms with Gasteiger partial charge in [-0.05, 0) is 86.4 Å². The van der Waals surface area contributed by atoms with Gasteiger partial charge in [-0.15, -0.1) is 0 Å². The van der Waals surface area contributed by atoms with Crippen LogP contribution < -0.4 is 0 Å². The van der Waals surface area contributed by atoms with Crippen LogP contribution >= 0.6 is 0 Å². The van der Waals surface area contributed by atoms with Gasteiger partial charge in [-0.1, -0.05) is 20.8 Å². The fraction of sp³-hybridized carbons (Fsp3) is 0.867. The number of esters is 1. The molecule has 0 aromatic rings. The first-order chi connectivity index (χ1) is 21.8. The van der Waals surface area contributed by atoms with Crippen molar-refractivity contribution in [2.24, 2.45) is 46.3 Å². The summed E-state index contributed by atoms with van der Waals surface area (Å²) in [5, 5.41) is -5.94. The lowest BCUT2D eigenvalue weighted by Crippen LogP contribution is -2.63. The normalized spacial score (nSPS) is 38.4. The van der Waals surface area contributed by atoms with Crippen molar-refractivity contribution in [1.29, 1.82) is 0 Å². The lowest BCUT2D eigenvalue weighted by molar-refractivity contribution is -0.259. The summed E-state index contributed by atoms with van der Waals surface area (Å²) in [6, 6.07) is 0. The average Bonchev–Trinajstić information content (AvgIpc) is 3.33. The van der Waals surface area contributed by atoms with Crippen LogP contribution in [0.4, 0.5) is 22.0 Å². The number of carbonyl (C=O) groups is 4. The molecule has 4 saturated carbocycles. The second-order valence-corrected chi connectivity index (χ2v) is 15.5. The summed E-state index contributed by atoms with van der Waals surface area (Å²) in [5.41, 5.74) is -0.973. The number of ether oxygens (including phenoxy) is 4. The molecule has 0 amide bonds. The van der Waals surface area contributed by atoms with E-state index in [0.717, 1.165) is 6.42 Å². The predicted octanol–water partition coefficient (Wildman–Crippen LogP) is 4.52. The Hall–Kier alpha value is -2.56. The Labute approximate surface area is 269 Å². The second-order valence-electron chi connectivity index (χ2n) is 14.1. The molecule has 0 spiro atoms. The van der Waals surface area contributed by atoms with Crippen LogP contribution in [0.5, 0.6) is 0 Å². The summed E-state index contributed by atoms with van der Waals surface area (Å²) in [5.74, 6) is -2.71. The van der Waals surface area contributed by atoms with Gasteiger partial charge in [-0.25, -0.2) is 8.42 Å². The highest BCUT2D eigenvalue weighted by molar-refractivity contribution is 7.86. The largest absolute Gasteiger partial charge is 0.743 e. The molecule has 4 rings (SSSR count). The van der Waals surface area contributed by atoms with Gasteiger partial charge in [-0.3, -0.25) is 19.2 Å². The third kappa shape index (κ3) is 6.71. The van der Waals surface area contributed by atoms with Crippen molar-refractivity contribution in [2.75, 3.05) is 0 Å². The average molecular weight is 704 g/mol. The van der Waals surface area contributed by atoms with Gasteiger partial charge in [-0.2, -0.15) is 22.0 Å². The van der Waals surface area contributed by atoms with Gasteiger partial charge in [0.25, 0.3) is 25.5 Å². The fourth-order valence-corrected chi connectivity index (χ4v) is 10.4. The number of halogens is 5. The topological polar surface area (TPSA) is 162 Å². The standard InChI is InChI=1S/C30H41F5O11S/c1-16(4-7-24(39)46-26(29(31,32)33)30(34,35)47(40,41)42)19-5-6-20-25-21(12-23(45-15-38)28(19,20)3)27(2)9-8-18(43-13-36)10-17(27)11-22(25)44-14-37/h13-23,25-26H,4-12H2,1-3H3,(H,40,41,42)/p-1/t16-,17+,18?,19-,20+,21+,22?,23?,25+,26?,27+,28-/m1/s1. The minimum atomic E-state index is -6.82. The van der Waals surface area contributed by atoms with E-state index in [2.05, 4.69) is 11.7 Å². The van der Waals surface area contributed by atoms with Crippen molar-refractivity contribution >= 4 is 35.5 Å². The lowest BCUT2D eigenvalue weighted by atomic mass is 9.43. The van der Waals surface area contributed by atoms with Crippen LogP contribution in [0.15, 0.2) is 0 Å². The van der Waals surface area contributed by atoms with E-state index in [1.165, 1.54) is 0 Å². The smallest absolute Gasteiger partial charge is 0.432 e. The zero-order valence-electron chi connectivity index (χ0n) is 26.2. The zero-order valence-corrected chi connectivity index (χ0v) is 27.0. The molecule has 0 radical (unpaired) electrons. The summed E-state index contributed by atoms with van der Waals surface area (Å²) in [4.78, 5) is 46.9. The maximum atomic E-state index is 13.9. The molecule has 0 aromatic carbocycles. The van der Waals surface area contributed by atoms with E-state index in [0.29, 0.717) is 57.9 Å².